The third-order valence-corrected chi connectivity index (χ3v) is 4.17. The molecule has 0 radical (unpaired) electrons. The quantitative estimate of drug-likeness (QED) is 0.599. The number of nitrogens with one attached hydrogen (secondary N) is 1. The van der Waals surface area contributed by atoms with Gasteiger partial charge >= 0.3 is 0 Å². The Hall–Kier alpha value is -3.47. The van der Waals surface area contributed by atoms with E-state index < -0.39 is 0 Å². The van der Waals surface area contributed by atoms with Crippen LogP contribution in [0.3, 0.4) is 0 Å². The van der Waals surface area contributed by atoms with E-state index in [1.54, 1.807) is 0 Å². The number of hydrogen-bond donors (Lipinski definition) is 1. The van der Waals surface area contributed by atoms with Crippen molar-refractivity contribution in [3.63, 3.8) is 0 Å². The molecular formula is C21H17N3O2. The van der Waals surface area contributed by atoms with Crippen molar-refractivity contribution in [2.45, 2.75) is 13.0 Å². The topological polar surface area (TPSA) is 68.0 Å². The summed E-state index contributed by atoms with van der Waals surface area (Å²) in [5.41, 5.74) is 1.88. The molecule has 0 fully saturated rings. The van der Waals surface area contributed by atoms with Crippen LogP contribution in [-0.2, 0) is 17.8 Å². The maximum Gasteiger partial charge on any atom is 0.246 e. The van der Waals surface area contributed by atoms with Crippen molar-refractivity contribution in [3.8, 4) is 11.4 Å². The Morgan fingerprint density at radius 2 is 1.69 bits per heavy atom. The van der Waals surface area contributed by atoms with E-state index in [1.165, 1.54) is 0 Å². The van der Waals surface area contributed by atoms with Gasteiger partial charge in [-0.05, 0) is 16.3 Å². The summed E-state index contributed by atoms with van der Waals surface area (Å²) in [6, 6.07) is 23.6. The lowest BCUT2D eigenvalue weighted by Crippen LogP contribution is -2.24. The Morgan fingerprint density at radius 3 is 2.58 bits per heavy atom. The monoisotopic (exact) mass is 343 g/mol. The van der Waals surface area contributed by atoms with Crippen molar-refractivity contribution in [1.82, 2.24) is 15.5 Å². The molecule has 1 heterocycles. The van der Waals surface area contributed by atoms with Crippen molar-refractivity contribution >= 4 is 16.7 Å². The highest BCUT2D eigenvalue weighted by Gasteiger charge is 2.11. The maximum atomic E-state index is 12.3. The van der Waals surface area contributed by atoms with Gasteiger partial charge in [-0.2, -0.15) is 4.98 Å². The average Bonchev–Trinajstić information content (AvgIpc) is 3.17. The van der Waals surface area contributed by atoms with Gasteiger partial charge in [-0.15, -0.1) is 0 Å². The van der Waals surface area contributed by atoms with Crippen LogP contribution in [0, 0.1) is 0 Å². The molecule has 1 aromatic heterocycles. The van der Waals surface area contributed by atoms with Gasteiger partial charge < -0.3 is 9.84 Å². The van der Waals surface area contributed by atoms with Crippen LogP contribution in [0.15, 0.2) is 77.3 Å². The van der Waals surface area contributed by atoms with E-state index in [1.807, 2.05) is 72.8 Å². The molecule has 4 aromatic rings. The molecule has 0 atom stereocenters. The molecule has 0 aliphatic rings. The third kappa shape index (κ3) is 3.47. The van der Waals surface area contributed by atoms with E-state index in [2.05, 4.69) is 15.5 Å². The van der Waals surface area contributed by atoms with Crippen LogP contribution >= 0.6 is 0 Å². The minimum atomic E-state index is -0.0826. The van der Waals surface area contributed by atoms with E-state index in [4.69, 9.17) is 4.52 Å². The summed E-state index contributed by atoms with van der Waals surface area (Å²) in [6.07, 6.45) is 0.307. The predicted octanol–water partition coefficient (Wildman–Crippen LogP) is 3.75. The van der Waals surface area contributed by atoms with Crippen LogP contribution in [0.5, 0.6) is 0 Å². The number of amides is 1. The van der Waals surface area contributed by atoms with Crippen molar-refractivity contribution in [3.05, 3.63) is 84.3 Å². The van der Waals surface area contributed by atoms with Crippen molar-refractivity contribution < 1.29 is 9.32 Å². The zero-order chi connectivity index (χ0) is 17.8. The fraction of sp³-hybridized carbons (Fsp3) is 0.0952. The molecule has 1 amide bonds. The van der Waals surface area contributed by atoms with Crippen molar-refractivity contribution in [2.75, 3.05) is 0 Å². The summed E-state index contributed by atoms with van der Waals surface area (Å²) < 4.78 is 5.21. The van der Waals surface area contributed by atoms with Crippen molar-refractivity contribution in [2.24, 2.45) is 0 Å². The smallest absolute Gasteiger partial charge is 0.246 e. The van der Waals surface area contributed by atoms with E-state index in [0.717, 1.165) is 21.9 Å². The van der Waals surface area contributed by atoms with Gasteiger partial charge in [0.2, 0.25) is 17.6 Å². The first-order valence-electron chi connectivity index (χ1n) is 8.41. The Morgan fingerprint density at radius 1 is 0.923 bits per heavy atom. The number of rotatable bonds is 5. The van der Waals surface area contributed by atoms with Gasteiger partial charge in [-0.25, -0.2) is 0 Å². The number of nitrogens with zero attached hydrogens (tertiary/aromatic N) is 2. The molecule has 128 valence electrons. The van der Waals surface area contributed by atoms with Gasteiger partial charge in [-0.1, -0.05) is 78.0 Å². The van der Waals surface area contributed by atoms with Gasteiger partial charge in [0.05, 0.1) is 13.0 Å². The Kier molecular flexibility index (Phi) is 4.43. The molecule has 0 spiro atoms. The van der Waals surface area contributed by atoms with Gasteiger partial charge in [0.25, 0.3) is 0 Å². The summed E-state index contributed by atoms with van der Waals surface area (Å²) >= 11 is 0. The molecule has 0 saturated heterocycles. The second-order valence-corrected chi connectivity index (χ2v) is 5.97. The first-order chi connectivity index (χ1) is 12.8. The summed E-state index contributed by atoms with van der Waals surface area (Å²) in [7, 11) is 0. The van der Waals surface area contributed by atoms with Gasteiger partial charge in [0.1, 0.15) is 0 Å². The second kappa shape index (κ2) is 7.19. The summed E-state index contributed by atoms with van der Waals surface area (Å²) in [4.78, 5) is 16.6. The Labute approximate surface area is 150 Å². The maximum absolute atomic E-state index is 12.3. The lowest BCUT2D eigenvalue weighted by Gasteiger charge is -2.06. The van der Waals surface area contributed by atoms with E-state index in [-0.39, 0.29) is 12.5 Å². The fourth-order valence-electron chi connectivity index (χ4n) is 2.89. The van der Waals surface area contributed by atoms with Crippen molar-refractivity contribution in [1.29, 1.82) is 0 Å². The molecule has 0 saturated carbocycles. The van der Waals surface area contributed by atoms with E-state index in [9.17, 15) is 4.79 Å². The lowest BCUT2D eigenvalue weighted by atomic mass is 10.0. The van der Waals surface area contributed by atoms with Crippen LogP contribution in [-0.4, -0.2) is 16.0 Å². The standard InChI is InChI=1S/C21H17N3O2/c25-19(13-17-11-6-10-15-7-4-5-12-18(15)17)22-14-20-23-21(24-26-20)16-8-2-1-3-9-16/h1-12H,13-14H2,(H,22,25). The van der Waals surface area contributed by atoms with Gasteiger partial charge in [-0.3, -0.25) is 4.79 Å². The number of benzene rings is 3. The molecule has 0 unspecified atom stereocenters. The molecular weight excluding hydrogens is 326 g/mol. The number of fused-ring (bicyclic) bond motifs is 1. The average molecular weight is 343 g/mol. The number of aromatic nitrogens is 2. The lowest BCUT2D eigenvalue weighted by molar-refractivity contribution is -0.120. The molecule has 3 aromatic carbocycles. The van der Waals surface area contributed by atoms with E-state index in [0.29, 0.717) is 18.1 Å². The SMILES string of the molecule is O=C(Cc1cccc2ccccc12)NCc1nc(-c2ccccc2)no1. The predicted molar refractivity (Wildman–Crippen MR) is 99.2 cm³/mol. The first kappa shape index (κ1) is 16.0. The summed E-state index contributed by atoms with van der Waals surface area (Å²) in [6.45, 7) is 0.212. The Balaban J connectivity index is 1.41. The fourth-order valence-corrected chi connectivity index (χ4v) is 2.89. The minimum absolute atomic E-state index is 0.0826. The zero-order valence-corrected chi connectivity index (χ0v) is 14.1. The number of carbonyl (C=O) groups is 1. The molecule has 4 rings (SSSR count). The van der Waals surface area contributed by atoms with E-state index >= 15 is 0 Å². The summed E-state index contributed by atoms with van der Waals surface area (Å²) in [5, 5.41) is 9.01. The number of hydrogen-bond acceptors (Lipinski definition) is 4. The van der Waals surface area contributed by atoms with Crippen LogP contribution in [0.25, 0.3) is 22.2 Å². The second-order valence-electron chi connectivity index (χ2n) is 5.97. The molecule has 26 heavy (non-hydrogen) atoms. The zero-order valence-electron chi connectivity index (χ0n) is 14.1. The first-order valence-corrected chi connectivity index (χ1v) is 8.41. The molecule has 5 nitrogen and oxygen atoms in total. The van der Waals surface area contributed by atoms with Crippen LogP contribution < -0.4 is 5.32 Å². The highest BCUT2D eigenvalue weighted by Crippen LogP contribution is 2.19. The molecule has 0 bridgehead atoms. The van der Waals surface area contributed by atoms with Crippen LogP contribution in [0.4, 0.5) is 0 Å². The van der Waals surface area contributed by atoms with Crippen LogP contribution in [0.1, 0.15) is 11.5 Å². The molecule has 0 aliphatic heterocycles. The molecule has 5 heteroatoms. The molecule has 0 aliphatic carbocycles. The Bertz CT molecular complexity index is 1040. The van der Waals surface area contributed by atoms with Crippen LogP contribution in [0.2, 0.25) is 0 Å². The van der Waals surface area contributed by atoms with Gasteiger partial charge in [0, 0.05) is 5.56 Å². The third-order valence-electron chi connectivity index (χ3n) is 4.17. The highest BCUT2D eigenvalue weighted by molar-refractivity contribution is 5.90. The summed E-state index contributed by atoms with van der Waals surface area (Å²) in [5.74, 6) is 0.819. The normalized spacial score (nSPS) is 10.8. The van der Waals surface area contributed by atoms with Gasteiger partial charge in [0.15, 0.2) is 0 Å². The number of carbonyl (C=O) groups excluding carboxylic acids is 1. The molecule has 1 N–H and O–H groups in total. The minimum Gasteiger partial charge on any atom is -0.347 e. The highest BCUT2D eigenvalue weighted by atomic mass is 16.5. The largest absolute Gasteiger partial charge is 0.347 e.